The molecule has 1 amide bonds. The second-order valence-corrected chi connectivity index (χ2v) is 9.40. The fourth-order valence-electron chi connectivity index (χ4n) is 4.08. The molecule has 6 nitrogen and oxygen atoms in total. The molecule has 2 aromatic carbocycles. The number of rotatable bonds is 4. The zero-order chi connectivity index (χ0) is 19.6. The summed E-state index contributed by atoms with van der Waals surface area (Å²) in [6.07, 6.45) is 3.28. The van der Waals surface area contributed by atoms with Crippen molar-refractivity contribution in [2.24, 2.45) is 5.41 Å². The Labute approximate surface area is 166 Å². The summed E-state index contributed by atoms with van der Waals surface area (Å²) >= 11 is 0. The van der Waals surface area contributed by atoms with Crippen LogP contribution in [0.1, 0.15) is 29.6 Å². The lowest BCUT2D eigenvalue weighted by atomic mass is 9.78. The summed E-state index contributed by atoms with van der Waals surface area (Å²) in [6, 6.07) is 14.9. The normalized spacial score (nSPS) is 18.9. The molecule has 2 aliphatic rings. The molecule has 7 heteroatoms. The van der Waals surface area contributed by atoms with Gasteiger partial charge in [0.05, 0.1) is 4.90 Å². The van der Waals surface area contributed by atoms with Gasteiger partial charge < -0.3 is 10.2 Å². The molecule has 2 heterocycles. The van der Waals surface area contributed by atoms with E-state index >= 15 is 0 Å². The summed E-state index contributed by atoms with van der Waals surface area (Å²) in [6.45, 7) is 3.70. The fourth-order valence-corrected chi connectivity index (χ4v) is 5.16. The molecule has 2 fully saturated rings. The molecule has 1 spiro atoms. The van der Waals surface area contributed by atoms with E-state index in [1.165, 1.54) is 6.42 Å². The molecule has 2 aromatic rings. The van der Waals surface area contributed by atoms with Crippen molar-refractivity contribution in [2.45, 2.75) is 24.2 Å². The van der Waals surface area contributed by atoms with E-state index in [0.717, 1.165) is 39.0 Å². The first-order chi connectivity index (χ1) is 13.5. The van der Waals surface area contributed by atoms with Gasteiger partial charge in [-0.3, -0.25) is 9.52 Å². The van der Waals surface area contributed by atoms with Crippen LogP contribution in [-0.2, 0) is 10.0 Å². The number of piperidine rings is 1. The van der Waals surface area contributed by atoms with Gasteiger partial charge in [-0.15, -0.1) is 0 Å². The number of benzene rings is 2. The maximum atomic E-state index is 12.8. The summed E-state index contributed by atoms with van der Waals surface area (Å²) in [5, 5.41) is 3.44. The first kappa shape index (κ1) is 19.0. The second-order valence-electron chi connectivity index (χ2n) is 7.71. The highest BCUT2D eigenvalue weighted by molar-refractivity contribution is 7.92. The number of carbonyl (C=O) groups excluding carboxylic acids is 1. The molecule has 0 aromatic heterocycles. The van der Waals surface area contributed by atoms with E-state index in [9.17, 15) is 13.2 Å². The SMILES string of the molecule is O=C(c1ccc(NS(=O)(=O)c2ccccc2)cc1)N1CCC2(CCNC2)CC1. The number of nitrogens with one attached hydrogen (secondary N) is 2. The summed E-state index contributed by atoms with van der Waals surface area (Å²) < 4.78 is 27.4. The maximum absolute atomic E-state index is 12.8. The van der Waals surface area contributed by atoms with Gasteiger partial charge in [0.25, 0.3) is 15.9 Å². The molecule has 0 unspecified atom stereocenters. The van der Waals surface area contributed by atoms with Crippen molar-refractivity contribution < 1.29 is 13.2 Å². The van der Waals surface area contributed by atoms with E-state index in [1.54, 1.807) is 54.6 Å². The minimum atomic E-state index is -3.63. The number of amides is 1. The van der Waals surface area contributed by atoms with E-state index in [1.807, 2.05) is 4.90 Å². The molecule has 28 heavy (non-hydrogen) atoms. The molecule has 0 radical (unpaired) electrons. The van der Waals surface area contributed by atoms with E-state index in [2.05, 4.69) is 10.0 Å². The molecule has 2 N–H and O–H groups in total. The lowest BCUT2D eigenvalue weighted by Crippen LogP contribution is -2.44. The van der Waals surface area contributed by atoms with Crippen LogP contribution in [0.5, 0.6) is 0 Å². The molecule has 2 saturated heterocycles. The molecule has 0 saturated carbocycles. The molecule has 0 atom stereocenters. The lowest BCUT2D eigenvalue weighted by Gasteiger charge is -2.38. The zero-order valence-electron chi connectivity index (χ0n) is 15.7. The minimum Gasteiger partial charge on any atom is -0.339 e. The molecule has 0 aliphatic carbocycles. The Morgan fingerprint density at radius 3 is 2.25 bits per heavy atom. The van der Waals surface area contributed by atoms with E-state index < -0.39 is 10.0 Å². The smallest absolute Gasteiger partial charge is 0.261 e. The quantitative estimate of drug-likeness (QED) is 0.829. The van der Waals surface area contributed by atoms with Crippen LogP contribution in [0.15, 0.2) is 59.5 Å². The predicted molar refractivity (Wildman–Crippen MR) is 109 cm³/mol. The van der Waals surface area contributed by atoms with Crippen molar-refractivity contribution in [1.82, 2.24) is 10.2 Å². The second kappa shape index (κ2) is 7.56. The average molecular weight is 400 g/mol. The van der Waals surface area contributed by atoms with Crippen LogP contribution >= 0.6 is 0 Å². The third-order valence-electron chi connectivity index (χ3n) is 5.88. The van der Waals surface area contributed by atoms with Crippen LogP contribution in [0.2, 0.25) is 0 Å². The summed E-state index contributed by atoms with van der Waals surface area (Å²) in [4.78, 5) is 14.9. The van der Waals surface area contributed by atoms with Crippen molar-refractivity contribution in [2.75, 3.05) is 30.9 Å². The highest BCUT2D eigenvalue weighted by Crippen LogP contribution is 2.37. The number of hydrogen-bond acceptors (Lipinski definition) is 4. The molecular weight excluding hydrogens is 374 g/mol. The van der Waals surface area contributed by atoms with Gasteiger partial charge in [0.2, 0.25) is 0 Å². The molecular formula is C21H25N3O3S. The van der Waals surface area contributed by atoms with Gasteiger partial charge in [0.1, 0.15) is 0 Å². The van der Waals surface area contributed by atoms with Gasteiger partial charge in [-0.05, 0) is 67.6 Å². The van der Waals surface area contributed by atoms with Gasteiger partial charge in [-0.1, -0.05) is 18.2 Å². The van der Waals surface area contributed by atoms with Crippen LogP contribution in [0.25, 0.3) is 0 Å². The molecule has 2 aliphatic heterocycles. The van der Waals surface area contributed by atoms with Gasteiger partial charge in [-0.25, -0.2) is 8.42 Å². The predicted octanol–water partition coefficient (Wildman–Crippen LogP) is 2.70. The van der Waals surface area contributed by atoms with Gasteiger partial charge in [-0.2, -0.15) is 0 Å². The van der Waals surface area contributed by atoms with Crippen molar-refractivity contribution in [1.29, 1.82) is 0 Å². The van der Waals surface area contributed by atoms with E-state index in [-0.39, 0.29) is 10.8 Å². The summed E-state index contributed by atoms with van der Waals surface area (Å²) in [5.41, 5.74) is 1.40. The Balaban J connectivity index is 1.40. The topological polar surface area (TPSA) is 78.5 Å². The van der Waals surface area contributed by atoms with Crippen molar-refractivity contribution in [3.8, 4) is 0 Å². The standard InChI is InChI=1S/C21H25N3O3S/c25-20(24-14-11-21(12-15-24)10-13-22-16-21)17-6-8-18(9-7-17)23-28(26,27)19-4-2-1-3-5-19/h1-9,22-23H,10-16H2. The Morgan fingerprint density at radius 1 is 0.964 bits per heavy atom. The Hall–Kier alpha value is -2.38. The van der Waals surface area contributed by atoms with Crippen LogP contribution < -0.4 is 10.0 Å². The Bertz CT molecular complexity index is 927. The average Bonchev–Trinajstić information content (AvgIpc) is 3.17. The third kappa shape index (κ3) is 3.91. The minimum absolute atomic E-state index is 0.0123. The first-order valence-corrected chi connectivity index (χ1v) is 11.1. The monoisotopic (exact) mass is 399 g/mol. The highest BCUT2D eigenvalue weighted by Gasteiger charge is 2.38. The van der Waals surface area contributed by atoms with Gasteiger partial charge in [0.15, 0.2) is 0 Å². The fraction of sp³-hybridized carbons (Fsp3) is 0.381. The summed E-state index contributed by atoms with van der Waals surface area (Å²) in [5.74, 6) is 0.0123. The lowest BCUT2D eigenvalue weighted by molar-refractivity contribution is 0.0607. The van der Waals surface area contributed by atoms with E-state index in [4.69, 9.17) is 0 Å². The van der Waals surface area contributed by atoms with Gasteiger partial charge >= 0.3 is 0 Å². The Kier molecular flexibility index (Phi) is 5.12. The van der Waals surface area contributed by atoms with Crippen molar-refractivity contribution in [3.63, 3.8) is 0 Å². The number of sulfonamides is 1. The Morgan fingerprint density at radius 2 is 1.64 bits per heavy atom. The van der Waals surface area contributed by atoms with Crippen molar-refractivity contribution in [3.05, 3.63) is 60.2 Å². The number of carbonyl (C=O) groups is 1. The first-order valence-electron chi connectivity index (χ1n) is 9.66. The third-order valence-corrected chi connectivity index (χ3v) is 7.28. The maximum Gasteiger partial charge on any atom is 0.261 e. The number of nitrogens with zero attached hydrogens (tertiary/aromatic N) is 1. The number of hydrogen-bond donors (Lipinski definition) is 2. The number of likely N-dealkylation sites (tertiary alicyclic amines) is 1. The molecule has 148 valence electrons. The summed E-state index contributed by atoms with van der Waals surface area (Å²) in [7, 11) is -3.63. The number of anilines is 1. The van der Waals surface area contributed by atoms with Crippen LogP contribution in [0.4, 0.5) is 5.69 Å². The molecule has 4 rings (SSSR count). The van der Waals surface area contributed by atoms with Crippen LogP contribution in [-0.4, -0.2) is 45.4 Å². The van der Waals surface area contributed by atoms with Crippen LogP contribution in [0, 0.1) is 5.41 Å². The highest BCUT2D eigenvalue weighted by atomic mass is 32.2. The zero-order valence-corrected chi connectivity index (χ0v) is 16.5. The van der Waals surface area contributed by atoms with E-state index in [0.29, 0.717) is 16.7 Å². The van der Waals surface area contributed by atoms with Gasteiger partial charge in [0, 0.05) is 30.9 Å². The van der Waals surface area contributed by atoms with Crippen molar-refractivity contribution >= 4 is 21.6 Å². The largest absolute Gasteiger partial charge is 0.339 e. The molecule has 0 bridgehead atoms. The van der Waals surface area contributed by atoms with Crippen LogP contribution in [0.3, 0.4) is 0 Å².